The lowest BCUT2D eigenvalue weighted by Crippen LogP contribution is -2.37. The number of rotatable bonds is 4. The second kappa shape index (κ2) is 8.10. The fourth-order valence-electron chi connectivity index (χ4n) is 3.99. The predicted molar refractivity (Wildman–Crippen MR) is 109 cm³/mol. The summed E-state index contributed by atoms with van der Waals surface area (Å²) in [7, 11) is 1.87. The lowest BCUT2D eigenvalue weighted by atomic mass is 9.97. The third kappa shape index (κ3) is 4.07. The Balaban J connectivity index is 1.44. The zero-order valence-electron chi connectivity index (χ0n) is 16.2. The second-order valence-corrected chi connectivity index (χ2v) is 7.73. The van der Waals surface area contributed by atoms with Crippen LogP contribution in [0.3, 0.4) is 0 Å². The maximum Gasteiger partial charge on any atom is 0.255 e. The third-order valence-electron chi connectivity index (χ3n) is 5.64. The Labute approximate surface area is 165 Å². The number of hydrogen-bond donors (Lipinski definition) is 2. The van der Waals surface area contributed by atoms with Crippen LogP contribution in [0.2, 0.25) is 0 Å². The van der Waals surface area contributed by atoms with E-state index < -0.39 is 0 Å². The number of benzene rings is 1. The summed E-state index contributed by atoms with van der Waals surface area (Å²) in [5, 5.41) is 6.25. The largest absolute Gasteiger partial charge is 0.341 e. The molecular formula is C22H26N4O2. The van der Waals surface area contributed by atoms with Gasteiger partial charge < -0.3 is 15.5 Å². The van der Waals surface area contributed by atoms with Gasteiger partial charge in [0.05, 0.1) is 11.3 Å². The molecule has 2 aliphatic heterocycles. The fourth-order valence-corrected chi connectivity index (χ4v) is 3.99. The number of aryl methyl sites for hydroxylation is 1. The highest BCUT2D eigenvalue weighted by molar-refractivity contribution is 5.95. The minimum absolute atomic E-state index is 0.0192. The van der Waals surface area contributed by atoms with E-state index in [9.17, 15) is 9.59 Å². The van der Waals surface area contributed by atoms with E-state index in [0.29, 0.717) is 17.9 Å². The van der Waals surface area contributed by atoms with E-state index in [-0.39, 0.29) is 11.8 Å². The minimum Gasteiger partial charge on any atom is -0.341 e. The molecular weight excluding hydrogens is 352 g/mol. The SMILES string of the molecule is CN(CC1CCNCC1)C(=O)c1ccc(-c2ccc3c(c2)CCC(=O)N3)nc1. The Hall–Kier alpha value is -2.73. The van der Waals surface area contributed by atoms with Crippen LogP contribution >= 0.6 is 0 Å². The van der Waals surface area contributed by atoms with Gasteiger partial charge in [-0.3, -0.25) is 14.6 Å². The molecule has 0 unspecified atom stereocenters. The van der Waals surface area contributed by atoms with Gasteiger partial charge in [-0.05, 0) is 68.1 Å². The van der Waals surface area contributed by atoms with E-state index in [4.69, 9.17) is 0 Å². The average molecular weight is 378 g/mol. The van der Waals surface area contributed by atoms with Crippen molar-refractivity contribution >= 4 is 17.5 Å². The first kappa shape index (κ1) is 18.6. The lowest BCUT2D eigenvalue weighted by molar-refractivity contribution is -0.116. The van der Waals surface area contributed by atoms with E-state index in [2.05, 4.69) is 21.7 Å². The molecule has 1 saturated heterocycles. The number of nitrogens with zero attached hydrogens (tertiary/aromatic N) is 2. The molecule has 1 aromatic carbocycles. The standard InChI is InChI=1S/C22H26N4O2/c1-26(14-15-8-10-23-11-9-15)22(28)18-3-5-19(24-13-18)16-2-6-20-17(12-16)4-7-21(27)25-20/h2-3,5-6,12-13,15,23H,4,7-11,14H2,1H3,(H,25,27). The molecule has 1 aromatic heterocycles. The van der Waals surface area contributed by atoms with Gasteiger partial charge in [0, 0.05) is 37.5 Å². The summed E-state index contributed by atoms with van der Waals surface area (Å²) >= 11 is 0. The highest BCUT2D eigenvalue weighted by Gasteiger charge is 2.20. The zero-order valence-corrected chi connectivity index (χ0v) is 16.2. The molecule has 28 heavy (non-hydrogen) atoms. The first-order valence-electron chi connectivity index (χ1n) is 9.95. The van der Waals surface area contributed by atoms with Crippen LogP contribution in [0, 0.1) is 5.92 Å². The summed E-state index contributed by atoms with van der Waals surface area (Å²) in [6.45, 7) is 2.86. The molecule has 6 heteroatoms. The van der Waals surface area contributed by atoms with Crippen molar-refractivity contribution in [1.29, 1.82) is 0 Å². The quantitative estimate of drug-likeness (QED) is 0.858. The molecule has 2 N–H and O–H groups in total. The monoisotopic (exact) mass is 378 g/mol. The van der Waals surface area contributed by atoms with Crippen LogP contribution in [0.1, 0.15) is 35.2 Å². The van der Waals surface area contributed by atoms with Gasteiger partial charge in [-0.1, -0.05) is 6.07 Å². The molecule has 6 nitrogen and oxygen atoms in total. The smallest absolute Gasteiger partial charge is 0.255 e. The summed E-state index contributed by atoms with van der Waals surface area (Å²) < 4.78 is 0. The normalized spacial score (nSPS) is 17.0. The van der Waals surface area contributed by atoms with Gasteiger partial charge in [-0.25, -0.2) is 0 Å². The maximum atomic E-state index is 12.7. The first-order valence-corrected chi connectivity index (χ1v) is 9.95. The lowest BCUT2D eigenvalue weighted by Gasteiger charge is -2.27. The Morgan fingerprint density at radius 3 is 2.75 bits per heavy atom. The van der Waals surface area contributed by atoms with E-state index in [1.54, 1.807) is 6.20 Å². The summed E-state index contributed by atoms with van der Waals surface area (Å²) in [4.78, 5) is 30.6. The van der Waals surface area contributed by atoms with Gasteiger partial charge in [0.25, 0.3) is 5.91 Å². The van der Waals surface area contributed by atoms with Gasteiger partial charge in [0.1, 0.15) is 0 Å². The Morgan fingerprint density at radius 2 is 2.00 bits per heavy atom. The minimum atomic E-state index is 0.0192. The number of amides is 2. The maximum absolute atomic E-state index is 12.7. The van der Waals surface area contributed by atoms with E-state index in [1.807, 2.05) is 36.2 Å². The molecule has 0 bridgehead atoms. The van der Waals surface area contributed by atoms with Crippen LogP contribution in [0.25, 0.3) is 11.3 Å². The summed E-state index contributed by atoms with van der Waals surface area (Å²) in [6, 6.07) is 9.70. The van der Waals surface area contributed by atoms with Crippen LogP contribution < -0.4 is 10.6 Å². The van der Waals surface area contributed by atoms with Crippen molar-refractivity contribution in [3.8, 4) is 11.3 Å². The molecule has 146 valence electrons. The summed E-state index contributed by atoms with van der Waals surface area (Å²) in [5.74, 6) is 0.652. The van der Waals surface area contributed by atoms with Gasteiger partial charge in [-0.2, -0.15) is 0 Å². The van der Waals surface area contributed by atoms with Crippen molar-refractivity contribution < 1.29 is 9.59 Å². The van der Waals surface area contributed by atoms with Gasteiger partial charge in [0.2, 0.25) is 5.91 Å². The van der Waals surface area contributed by atoms with E-state index >= 15 is 0 Å². The fraction of sp³-hybridized carbons (Fsp3) is 0.409. The first-order chi connectivity index (χ1) is 13.6. The molecule has 1 fully saturated rings. The highest BCUT2D eigenvalue weighted by Crippen LogP contribution is 2.28. The van der Waals surface area contributed by atoms with Gasteiger partial charge >= 0.3 is 0 Å². The Kier molecular flexibility index (Phi) is 5.39. The number of carbonyl (C=O) groups excluding carboxylic acids is 2. The molecule has 4 rings (SSSR count). The number of hydrogen-bond acceptors (Lipinski definition) is 4. The number of pyridine rings is 1. The van der Waals surface area contributed by atoms with Gasteiger partial charge in [0.15, 0.2) is 0 Å². The topological polar surface area (TPSA) is 74.3 Å². The molecule has 3 heterocycles. The van der Waals surface area contributed by atoms with Crippen LogP contribution in [0.15, 0.2) is 36.5 Å². The molecule has 2 aliphatic rings. The number of aromatic nitrogens is 1. The van der Waals surface area contributed by atoms with Gasteiger partial charge in [-0.15, -0.1) is 0 Å². The molecule has 0 saturated carbocycles. The average Bonchev–Trinajstić information content (AvgIpc) is 2.73. The van der Waals surface area contributed by atoms with Crippen molar-refractivity contribution in [2.45, 2.75) is 25.7 Å². The van der Waals surface area contributed by atoms with E-state index in [0.717, 1.165) is 61.4 Å². The predicted octanol–water partition coefficient (Wildman–Crippen LogP) is 2.70. The van der Waals surface area contributed by atoms with Crippen molar-refractivity contribution in [2.75, 3.05) is 32.0 Å². The van der Waals surface area contributed by atoms with Crippen LogP contribution in [0.5, 0.6) is 0 Å². The summed E-state index contributed by atoms with van der Waals surface area (Å²) in [5.41, 5.74) is 4.45. The number of fused-ring (bicyclic) bond motifs is 1. The number of carbonyl (C=O) groups is 2. The Bertz CT molecular complexity index is 873. The van der Waals surface area contributed by atoms with E-state index in [1.165, 1.54) is 0 Å². The van der Waals surface area contributed by atoms with Crippen molar-refractivity contribution in [2.24, 2.45) is 5.92 Å². The number of piperidine rings is 1. The molecule has 2 aromatic rings. The zero-order chi connectivity index (χ0) is 19.5. The molecule has 0 spiro atoms. The van der Waals surface area contributed by atoms with Crippen LogP contribution in [0.4, 0.5) is 5.69 Å². The van der Waals surface area contributed by atoms with Crippen LogP contribution in [-0.4, -0.2) is 48.4 Å². The number of nitrogens with one attached hydrogen (secondary N) is 2. The third-order valence-corrected chi connectivity index (χ3v) is 5.64. The highest BCUT2D eigenvalue weighted by atomic mass is 16.2. The molecule has 0 atom stereocenters. The second-order valence-electron chi connectivity index (χ2n) is 7.73. The van der Waals surface area contributed by atoms with Crippen molar-refractivity contribution in [1.82, 2.24) is 15.2 Å². The van der Waals surface area contributed by atoms with Crippen LogP contribution in [-0.2, 0) is 11.2 Å². The molecule has 0 aliphatic carbocycles. The Morgan fingerprint density at radius 1 is 1.18 bits per heavy atom. The van der Waals surface area contributed by atoms with Crippen molar-refractivity contribution in [3.05, 3.63) is 47.7 Å². The molecule has 2 amide bonds. The molecule has 0 radical (unpaired) electrons. The number of anilines is 1. The summed E-state index contributed by atoms with van der Waals surface area (Å²) in [6.07, 6.45) is 5.16. The van der Waals surface area contributed by atoms with Crippen molar-refractivity contribution in [3.63, 3.8) is 0 Å².